The number of ether oxygens (including phenoxy) is 5. The van der Waals surface area contributed by atoms with Gasteiger partial charge in [0, 0.05) is 19.4 Å². The van der Waals surface area contributed by atoms with Gasteiger partial charge in [0.2, 0.25) is 27.7 Å². The highest BCUT2D eigenvalue weighted by Gasteiger charge is 2.62. The van der Waals surface area contributed by atoms with Crippen LogP contribution in [-0.4, -0.2) is 127 Å². The van der Waals surface area contributed by atoms with E-state index in [1.54, 1.807) is 7.11 Å². The summed E-state index contributed by atoms with van der Waals surface area (Å²) in [7, 11) is -2.36. The first kappa shape index (κ1) is 40.7. The number of allylic oxidation sites excluding steroid dienone is 1. The largest absolute Gasteiger partial charge is 0.471 e. The Morgan fingerprint density at radius 3 is 2.50 bits per heavy atom. The SMILES string of the molecule is COC1COC2C(OC(=O)N[C@@H]3CCCCC/C=C\C4C[C@@]4(C(=O)NS(=O)(=O)C4CC4)NC(=O)[C@@H]4C[C@@H](Oc5nc6ccccc6nc5-c5cccs5)CN4C3=O)COC12. The van der Waals surface area contributed by atoms with Crippen LogP contribution < -0.4 is 20.1 Å². The lowest BCUT2D eigenvalue weighted by atomic mass is 10.0. The lowest BCUT2D eigenvalue weighted by Gasteiger charge is -2.30. The van der Waals surface area contributed by atoms with Crippen LogP contribution in [0.25, 0.3) is 21.6 Å². The van der Waals surface area contributed by atoms with E-state index in [2.05, 4.69) is 15.4 Å². The molecule has 3 aromatic rings. The molecule has 9 atom stereocenters. The lowest BCUT2D eigenvalue weighted by molar-refractivity contribution is -0.141. The van der Waals surface area contributed by atoms with E-state index < -0.39 is 80.9 Å². The van der Waals surface area contributed by atoms with Crippen LogP contribution >= 0.6 is 11.3 Å². The van der Waals surface area contributed by atoms with Crippen molar-refractivity contribution in [3.05, 3.63) is 53.9 Å². The van der Waals surface area contributed by atoms with Crippen LogP contribution in [0.1, 0.15) is 57.8 Å². The number of amides is 4. The number of carbonyl (C=O) groups excluding carboxylic acids is 4. The molecule has 4 aliphatic heterocycles. The third-order valence-corrected chi connectivity index (χ3v) is 14.9. The van der Waals surface area contributed by atoms with Crippen molar-refractivity contribution in [3.8, 4) is 16.5 Å². The fraction of sp³-hybridized carbons (Fsp3) is 0.561. The van der Waals surface area contributed by atoms with Crippen molar-refractivity contribution in [2.75, 3.05) is 26.9 Å². The second-order valence-corrected chi connectivity index (χ2v) is 19.3. The number of alkyl carbamates (subject to hydrolysis) is 1. The van der Waals surface area contributed by atoms with E-state index in [9.17, 15) is 27.6 Å². The highest BCUT2D eigenvalue weighted by atomic mass is 32.2. The van der Waals surface area contributed by atoms with Gasteiger partial charge in [-0.2, -0.15) is 0 Å². The second kappa shape index (κ2) is 16.6. The van der Waals surface area contributed by atoms with Crippen LogP contribution in [-0.2, 0) is 43.4 Å². The maximum atomic E-state index is 14.8. The first-order chi connectivity index (χ1) is 29.0. The standard InChI is InChI=1S/C41H48N6O11S2/c1-54-30-21-55-35-31(22-56-34(30)35)58-40(51)44-28-13-6-4-2-3-5-10-23-19-41(23,39(50)46-60(52,53)25-15-16-25)45-36(48)29-18-24(20-47(29)38(28)49)57-37-33(32-14-9-17-59-32)42-26-11-7-8-12-27(26)43-37/h5,7-12,14,17,23-25,28-31,34-35H,2-4,6,13,15-16,18-22H2,1H3,(H,44,51)(H,45,48)(H,46,50)/b10-5-/t23?,24-,28-,29+,30?,31?,34?,35?,41-/m1/s1. The number of fused-ring (bicyclic) bond motifs is 4. The van der Waals surface area contributed by atoms with Gasteiger partial charge in [0.15, 0.2) is 6.10 Å². The van der Waals surface area contributed by atoms with Gasteiger partial charge >= 0.3 is 6.09 Å². The molecule has 60 heavy (non-hydrogen) atoms. The minimum Gasteiger partial charge on any atom is -0.471 e. The molecular formula is C41H48N6O11S2. The minimum atomic E-state index is -3.92. The predicted octanol–water partition coefficient (Wildman–Crippen LogP) is 2.99. The Bertz CT molecular complexity index is 2270. The van der Waals surface area contributed by atoms with Crippen LogP contribution in [0, 0.1) is 5.92 Å². The highest BCUT2D eigenvalue weighted by Crippen LogP contribution is 2.46. The van der Waals surface area contributed by atoms with Crippen LogP contribution in [0.2, 0.25) is 0 Å². The van der Waals surface area contributed by atoms with E-state index >= 15 is 0 Å². The zero-order chi connectivity index (χ0) is 41.6. The Labute approximate surface area is 350 Å². The number of nitrogens with one attached hydrogen (secondary N) is 3. The Balaban J connectivity index is 1.00. The predicted molar refractivity (Wildman–Crippen MR) is 216 cm³/mol. The van der Waals surface area contributed by atoms with Gasteiger partial charge in [0.25, 0.3) is 5.91 Å². The number of aromatic nitrogens is 2. The molecule has 9 rings (SSSR count). The summed E-state index contributed by atoms with van der Waals surface area (Å²) in [6, 6.07) is 8.94. The summed E-state index contributed by atoms with van der Waals surface area (Å²) in [6.07, 6.45) is 4.40. The molecule has 2 aliphatic carbocycles. The molecule has 17 nitrogen and oxygen atoms in total. The summed E-state index contributed by atoms with van der Waals surface area (Å²) in [5.41, 5.74) is 0.235. The average molecular weight is 865 g/mol. The van der Waals surface area contributed by atoms with Gasteiger partial charge in [0.05, 0.1) is 40.9 Å². The molecule has 3 N–H and O–H groups in total. The molecule has 5 fully saturated rings. The highest BCUT2D eigenvalue weighted by molar-refractivity contribution is 7.91. The van der Waals surface area contributed by atoms with Crippen molar-refractivity contribution < 1.29 is 51.3 Å². The monoisotopic (exact) mass is 864 g/mol. The number of nitrogens with zero attached hydrogens (tertiary/aromatic N) is 3. The summed E-state index contributed by atoms with van der Waals surface area (Å²) < 4.78 is 57.6. The fourth-order valence-corrected chi connectivity index (χ4v) is 10.8. The Morgan fingerprint density at radius 1 is 0.983 bits per heavy atom. The quantitative estimate of drug-likeness (QED) is 0.265. The minimum absolute atomic E-state index is 0.00614. The lowest BCUT2D eigenvalue weighted by Crippen LogP contribution is -2.58. The van der Waals surface area contributed by atoms with Crippen LogP contribution in [0.5, 0.6) is 5.88 Å². The molecule has 0 spiro atoms. The number of thiophene rings is 1. The fourth-order valence-electron chi connectivity index (χ4n) is 8.69. The van der Waals surface area contributed by atoms with E-state index in [1.165, 1.54) is 16.2 Å². The van der Waals surface area contributed by atoms with Gasteiger partial charge in [-0.3, -0.25) is 19.1 Å². The topological polar surface area (TPSA) is 214 Å². The molecule has 320 valence electrons. The number of sulfonamides is 1. The molecule has 4 amide bonds. The first-order valence-electron chi connectivity index (χ1n) is 20.6. The van der Waals surface area contributed by atoms with E-state index in [-0.39, 0.29) is 50.5 Å². The number of hydrogen-bond acceptors (Lipinski definition) is 14. The van der Waals surface area contributed by atoms with Crippen molar-refractivity contribution in [3.63, 3.8) is 0 Å². The molecule has 6 aliphatic rings. The Kier molecular flexibility index (Phi) is 11.3. The second-order valence-electron chi connectivity index (χ2n) is 16.3. The molecule has 6 heterocycles. The summed E-state index contributed by atoms with van der Waals surface area (Å²) in [6.45, 7) is 0.337. The van der Waals surface area contributed by atoms with E-state index in [4.69, 9.17) is 33.7 Å². The van der Waals surface area contributed by atoms with Gasteiger partial charge in [0.1, 0.15) is 47.7 Å². The summed E-state index contributed by atoms with van der Waals surface area (Å²) in [5.74, 6) is -2.21. The summed E-state index contributed by atoms with van der Waals surface area (Å²) >= 11 is 1.46. The van der Waals surface area contributed by atoms with E-state index in [0.717, 1.165) is 17.7 Å². The zero-order valence-electron chi connectivity index (χ0n) is 33.0. The van der Waals surface area contributed by atoms with E-state index in [1.807, 2.05) is 53.9 Å². The smallest absolute Gasteiger partial charge is 0.408 e. The Morgan fingerprint density at radius 2 is 1.75 bits per heavy atom. The zero-order valence-corrected chi connectivity index (χ0v) is 34.7. The van der Waals surface area contributed by atoms with Crippen molar-refractivity contribution >= 4 is 56.2 Å². The normalized spacial score (nSPS) is 32.5. The first-order valence-corrected chi connectivity index (χ1v) is 23.0. The van der Waals surface area contributed by atoms with Crippen LogP contribution in [0.4, 0.5) is 4.79 Å². The van der Waals surface area contributed by atoms with E-state index in [0.29, 0.717) is 49.0 Å². The molecule has 2 aromatic heterocycles. The molecule has 1 aromatic carbocycles. The summed E-state index contributed by atoms with van der Waals surface area (Å²) in [4.78, 5) is 68.7. The van der Waals surface area contributed by atoms with Gasteiger partial charge in [-0.1, -0.05) is 43.2 Å². The Hall–Kier alpha value is -4.69. The van der Waals surface area contributed by atoms with Crippen molar-refractivity contribution in [1.82, 2.24) is 30.2 Å². The molecule has 3 saturated heterocycles. The molecular weight excluding hydrogens is 817 g/mol. The third kappa shape index (κ3) is 8.21. The van der Waals surface area contributed by atoms with Crippen LogP contribution in [0.15, 0.2) is 53.9 Å². The molecule has 19 heteroatoms. The van der Waals surface area contributed by atoms with Gasteiger partial charge < -0.3 is 39.2 Å². The van der Waals surface area contributed by atoms with Crippen molar-refractivity contribution in [2.24, 2.45) is 5.92 Å². The number of rotatable bonds is 9. The van der Waals surface area contributed by atoms with Gasteiger partial charge in [-0.25, -0.2) is 23.2 Å². The van der Waals surface area contributed by atoms with Crippen molar-refractivity contribution in [1.29, 1.82) is 0 Å². The van der Waals surface area contributed by atoms with Gasteiger partial charge in [-0.05, 0) is 62.1 Å². The van der Waals surface area contributed by atoms with Crippen LogP contribution in [0.3, 0.4) is 0 Å². The van der Waals surface area contributed by atoms with Crippen molar-refractivity contribution in [2.45, 2.75) is 111 Å². The maximum Gasteiger partial charge on any atom is 0.408 e. The number of methoxy groups -OCH3 is 1. The molecule has 5 unspecified atom stereocenters. The molecule has 2 saturated carbocycles. The number of benzene rings is 1. The maximum absolute atomic E-state index is 14.8. The number of para-hydroxylation sites is 2. The van der Waals surface area contributed by atoms with Gasteiger partial charge in [-0.15, -0.1) is 11.3 Å². The third-order valence-electron chi connectivity index (χ3n) is 12.2. The molecule has 0 radical (unpaired) electrons. The number of hydrogen-bond donors (Lipinski definition) is 3. The summed E-state index contributed by atoms with van der Waals surface area (Å²) in [5, 5.41) is 6.95. The average Bonchev–Trinajstić information content (AvgIpc) is 3.90. The number of carbonyl (C=O) groups is 4. The molecule has 0 bridgehead atoms.